The van der Waals surface area contributed by atoms with Crippen LogP contribution < -0.4 is 5.32 Å². The lowest BCUT2D eigenvalue weighted by Gasteiger charge is -2.42. The highest BCUT2D eigenvalue weighted by molar-refractivity contribution is 5.82. The van der Waals surface area contributed by atoms with Crippen molar-refractivity contribution in [1.29, 1.82) is 0 Å². The van der Waals surface area contributed by atoms with Gasteiger partial charge in [0.05, 0.1) is 12.2 Å². The normalized spacial score (nSPS) is 33.5. The molecule has 2 aliphatic rings. The molecule has 2 heterocycles. The van der Waals surface area contributed by atoms with Gasteiger partial charge in [0.1, 0.15) is 0 Å². The van der Waals surface area contributed by atoms with Crippen molar-refractivity contribution in [3.8, 4) is 0 Å². The Morgan fingerprint density at radius 2 is 1.76 bits per heavy atom. The number of nitrogens with zero attached hydrogens (tertiary/aromatic N) is 1. The van der Waals surface area contributed by atoms with Crippen LogP contribution in [0.5, 0.6) is 0 Å². The summed E-state index contributed by atoms with van der Waals surface area (Å²) in [5.41, 5.74) is -0.165. The molecule has 0 aliphatic carbocycles. The van der Waals surface area contributed by atoms with Gasteiger partial charge in [-0.25, -0.2) is 0 Å². The molecule has 0 spiro atoms. The summed E-state index contributed by atoms with van der Waals surface area (Å²) in [5.74, 6) is 0.320. The quantitative estimate of drug-likeness (QED) is 0.744. The zero-order valence-electron chi connectivity index (χ0n) is 11.2. The highest BCUT2D eigenvalue weighted by atomic mass is 16.5. The van der Waals surface area contributed by atoms with Gasteiger partial charge in [-0.05, 0) is 39.8 Å². The molecule has 0 radical (unpaired) electrons. The van der Waals surface area contributed by atoms with Gasteiger partial charge >= 0.3 is 0 Å². The van der Waals surface area contributed by atoms with Crippen LogP contribution in [0.2, 0.25) is 0 Å². The molecule has 2 saturated heterocycles. The van der Waals surface area contributed by atoms with E-state index in [0.717, 1.165) is 39.0 Å². The fraction of sp³-hybridized carbons (Fsp3) is 0.923. The zero-order chi connectivity index (χ0) is 12.5. The lowest BCUT2D eigenvalue weighted by Crippen LogP contribution is -2.54. The summed E-state index contributed by atoms with van der Waals surface area (Å²) >= 11 is 0. The van der Waals surface area contributed by atoms with Gasteiger partial charge in [0, 0.05) is 18.5 Å². The highest BCUT2D eigenvalue weighted by Gasteiger charge is 2.39. The van der Waals surface area contributed by atoms with Crippen LogP contribution in [-0.2, 0) is 9.53 Å². The van der Waals surface area contributed by atoms with E-state index in [2.05, 4.69) is 12.2 Å². The molecule has 1 amide bonds. The van der Waals surface area contributed by atoms with Crippen molar-refractivity contribution >= 4 is 5.91 Å². The van der Waals surface area contributed by atoms with Gasteiger partial charge in [-0.15, -0.1) is 0 Å². The Bertz CT molecular complexity index is 277. The van der Waals surface area contributed by atoms with Crippen LogP contribution >= 0.6 is 0 Å². The van der Waals surface area contributed by atoms with Crippen molar-refractivity contribution in [2.45, 2.75) is 45.8 Å². The van der Waals surface area contributed by atoms with Crippen LogP contribution in [0.15, 0.2) is 0 Å². The van der Waals surface area contributed by atoms with Crippen molar-refractivity contribution in [1.82, 2.24) is 10.2 Å². The molecule has 2 rings (SSSR count). The van der Waals surface area contributed by atoms with E-state index in [9.17, 15) is 4.79 Å². The van der Waals surface area contributed by atoms with E-state index in [0.29, 0.717) is 5.91 Å². The number of hydrogen-bond donors (Lipinski definition) is 1. The molecule has 4 heteroatoms. The summed E-state index contributed by atoms with van der Waals surface area (Å²) in [6, 6.07) is 0. The Balaban J connectivity index is 2.03. The number of amides is 1. The van der Waals surface area contributed by atoms with Crippen molar-refractivity contribution in [2.75, 3.05) is 26.2 Å². The molecule has 2 fully saturated rings. The SMILES string of the molecule is C[C@@H]1CN(C(=O)C2(C)CCNCC2)C[C@H](C)O1. The van der Waals surface area contributed by atoms with Gasteiger partial charge in [0.15, 0.2) is 0 Å². The maximum absolute atomic E-state index is 12.6. The van der Waals surface area contributed by atoms with E-state index in [1.807, 2.05) is 18.7 Å². The molecule has 0 aromatic rings. The fourth-order valence-corrected chi connectivity index (χ4v) is 2.92. The number of carbonyl (C=O) groups excluding carboxylic acids is 1. The minimum absolute atomic E-state index is 0.160. The Morgan fingerprint density at radius 3 is 2.29 bits per heavy atom. The molecule has 0 bridgehead atoms. The lowest BCUT2D eigenvalue weighted by molar-refractivity contribution is -0.154. The third-order valence-electron chi connectivity index (χ3n) is 3.93. The van der Waals surface area contributed by atoms with Gasteiger partial charge in [-0.3, -0.25) is 4.79 Å². The molecule has 2 atom stereocenters. The minimum atomic E-state index is -0.165. The average molecular weight is 240 g/mol. The molecule has 17 heavy (non-hydrogen) atoms. The van der Waals surface area contributed by atoms with Gasteiger partial charge in [-0.2, -0.15) is 0 Å². The number of nitrogens with one attached hydrogen (secondary N) is 1. The smallest absolute Gasteiger partial charge is 0.228 e. The molecule has 4 nitrogen and oxygen atoms in total. The molecule has 98 valence electrons. The standard InChI is InChI=1S/C13H24N2O2/c1-10-8-15(9-11(2)17-10)12(16)13(3)4-6-14-7-5-13/h10-11,14H,4-9H2,1-3H3/t10-,11+. The maximum atomic E-state index is 12.6. The first kappa shape index (κ1) is 12.8. The Hall–Kier alpha value is -0.610. The molecule has 2 aliphatic heterocycles. The maximum Gasteiger partial charge on any atom is 0.228 e. The molecule has 0 unspecified atom stereocenters. The van der Waals surface area contributed by atoms with E-state index in [-0.39, 0.29) is 17.6 Å². The van der Waals surface area contributed by atoms with Crippen molar-refractivity contribution in [3.63, 3.8) is 0 Å². The number of piperidine rings is 1. The summed E-state index contributed by atoms with van der Waals surface area (Å²) in [5, 5.41) is 3.32. The number of rotatable bonds is 1. The number of ether oxygens (including phenoxy) is 1. The van der Waals surface area contributed by atoms with Gasteiger partial charge < -0.3 is 15.0 Å². The first-order valence-electron chi connectivity index (χ1n) is 6.67. The van der Waals surface area contributed by atoms with Crippen molar-refractivity contribution in [2.24, 2.45) is 5.41 Å². The Kier molecular flexibility index (Phi) is 3.73. The van der Waals surface area contributed by atoms with Gasteiger partial charge in [-0.1, -0.05) is 6.92 Å². The number of morpholine rings is 1. The van der Waals surface area contributed by atoms with Gasteiger partial charge in [0.2, 0.25) is 5.91 Å². The van der Waals surface area contributed by atoms with Crippen molar-refractivity contribution < 1.29 is 9.53 Å². The molecular weight excluding hydrogens is 216 g/mol. The highest BCUT2D eigenvalue weighted by Crippen LogP contribution is 2.31. The summed E-state index contributed by atoms with van der Waals surface area (Å²) in [7, 11) is 0. The first-order chi connectivity index (χ1) is 8.01. The van der Waals surface area contributed by atoms with Crippen LogP contribution in [0.25, 0.3) is 0 Å². The largest absolute Gasteiger partial charge is 0.372 e. The van der Waals surface area contributed by atoms with E-state index in [1.54, 1.807) is 0 Å². The monoisotopic (exact) mass is 240 g/mol. The molecule has 0 aromatic carbocycles. The van der Waals surface area contributed by atoms with Crippen LogP contribution in [-0.4, -0.2) is 49.2 Å². The van der Waals surface area contributed by atoms with E-state index >= 15 is 0 Å². The predicted molar refractivity (Wildman–Crippen MR) is 66.8 cm³/mol. The minimum Gasteiger partial charge on any atom is -0.372 e. The molecule has 1 N–H and O–H groups in total. The second-order valence-corrected chi connectivity index (χ2v) is 5.78. The second-order valence-electron chi connectivity index (χ2n) is 5.78. The van der Waals surface area contributed by atoms with E-state index in [4.69, 9.17) is 4.74 Å². The van der Waals surface area contributed by atoms with Crippen LogP contribution in [0.3, 0.4) is 0 Å². The third-order valence-corrected chi connectivity index (χ3v) is 3.93. The lowest BCUT2D eigenvalue weighted by atomic mass is 9.79. The van der Waals surface area contributed by atoms with Crippen LogP contribution in [0, 0.1) is 5.41 Å². The van der Waals surface area contributed by atoms with Crippen molar-refractivity contribution in [3.05, 3.63) is 0 Å². The Morgan fingerprint density at radius 1 is 1.24 bits per heavy atom. The van der Waals surface area contributed by atoms with Gasteiger partial charge in [0.25, 0.3) is 0 Å². The first-order valence-corrected chi connectivity index (χ1v) is 6.67. The summed E-state index contributed by atoms with van der Waals surface area (Å²) in [6.07, 6.45) is 2.22. The van der Waals surface area contributed by atoms with Crippen LogP contribution in [0.4, 0.5) is 0 Å². The molecule has 0 aromatic heterocycles. The Labute approximate surface area is 104 Å². The summed E-state index contributed by atoms with van der Waals surface area (Å²) in [6.45, 7) is 9.59. The van der Waals surface area contributed by atoms with E-state index < -0.39 is 0 Å². The fourth-order valence-electron chi connectivity index (χ4n) is 2.92. The summed E-state index contributed by atoms with van der Waals surface area (Å²) in [4.78, 5) is 14.6. The van der Waals surface area contributed by atoms with E-state index in [1.165, 1.54) is 0 Å². The summed E-state index contributed by atoms with van der Waals surface area (Å²) < 4.78 is 5.68. The molecule has 0 saturated carbocycles. The van der Waals surface area contributed by atoms with Crippen LogP contribution in [0.1, 0.15) is 33.6 Å². The topological polar surface area (TPSA) is 41.6 Å². The zero-order valence-corrected chi connectivity index (χ0v) is 11.2. The number of carbonyl (C=O) groups is 1. The third kappa shape index (κ3) is 2.80. The number of hydrogen-bond acceptors (Lipinski definition) is 3. The predicted octanol–water partition coefficient (Wildman–Crippen LogP) is 1.01. The molecular formula is C13H24N2O2. The second kappa shape index (κ2) is 4.94. The average Bonchev–Trinajstić information content (AvgIpc) is 2.27.